The fourth-order valence-corrected chi connectivity index (χ4v) is 3.49. The molecule has 0 aliphatic carbocycles. The highest BCUT2D eigenvalue weighted by Crippen LogP contribution is 2.19. The van der Waals surface area contributed by atoms with Crippen molar-refractivity contribution in [3.05, 3.63) is 41.0 Å². The minimum absolute atomic E-state index is 0.195. The standard InChI is InChI=1S/C19H29N5O3S/c1-7-20-18(22-12-16-23-17(27-24-16)19(3,4)5)21-11-14-8-9-15(13(2)10-14)28(6,25)26/h8-10H,7,11-12H2,1-6H3,(H2,20,21,22). The van der Waals surface area contributed by atoms with Crippen LogP contribution in [0.15, 0.2) is 32.6 Å². The Balaban J connectivity index is 2.06. The van der Waals surface area contributed by atoms with Crippen LogP contribution in [-0.2, 0) is 28.3 Å². The molecule has 0 saturated heterocycles. The maximum atomic E-state index is 11.7. The number of aryl methyl sites for hydroxylation is 1. The third-order valence-corrected chi connectivity index (χ3v) is 5.18. The lowest BCUT2D eigenvalue weighted by atomic mass is 9.97. The molecule has 28 heavy (non-hydrogen) atoms. The van der Waals surface area contributed by atoms with Crippen LogP contribution < -0.4 is 10.6 Å². The molecule has 0 bridgehead atoms. The average Bonchev–Trinajstić information content (AvgIpc) is 3.05. The number of rotatable bonds is 6. The first kappa shape index (κ1) is 21.9. The Morgan fingerprint density at radius 1 is 1.25 bits per heavy atom. The van der Waals surface area contributed by atoms with Crippen LogP contribution in [0.5, 0.6) is 0 Å². The van der Waals surface area contributed by atoms with Crippen molar-refractivity contribution in [1.29, 1.82) is 0 Å². The van der Waals surface area contributed by atoms with E-state index in [9.17, 15) is 8.42 Å². The van der Waals surface area contributed by atoms with Crippen molar-refractivity contribution >= 4 is 15.8 Å². The largest absolute Gasteiger partial charge is 0.357 e. The van der Waals surface area contributed by atoms with E-state index in [0.717, 1.165) is 11.1 Å². The van der Waals surface area contributed by atoms with Gasteiger partial charge in [0.05, 0.1) is 18.0 Å². The first-order chi connectivity index (χ1) is 13.0. The van der Waals surface area contributed by atoms with Gasteiger partial charge in [-0.3, -0.25) is 0 Å². The highest BCUT2D eigenvalue weighted by atomic mass is 32.2. The van der Waals surface area contributed by atoms with E-state index in [2.05, 4.69) is 25.8 Å². The summed E-state index contributed by atoms with van der Waals surface area (Å²) in [6.45, 7) is 11.3. The summed E-state index contributed by atoms with van der Waals surface area (Å²) in [5.74, 6) is 1.77. The fraction of sp³-hybridized carbons (Fsp3) is 0.526. The molecule has 0 aliphatic rings. The van der Waals surface area contributed by atoms with E-state index in [0.29, 0.717) is 42.2 Å². The van der Waals surface area contributed by atoms with Gasteiger partial charge >= 0.3 is 0 Å². The number of hydrogen-bond donors (Lipinski definition) is 2. The van der Waals surface area contributed by atoms with Crippen molar-refractivity contribution in [2.75, 3.05) is 12.8 Å². The third-order valence-electron chi connectivity index (χ3n) is 3.93. The lowest BCUT2D eigenvalue weighted by Crippen LogP contribution is -2.37. The van der Waals surface area contributed by atoms with Gasteiger partial charge in [0.2, 0.25) is 5.89 Å². The molecule has 0 fully saturated rings. The number of hydrogen-bond acceptors (Lipinski definition) is 6. The van der Waals surface area contributed by atoms with Crippen molar-refractivity contribution in [2.24, 2.45) is 4.99 Å². The van der Waals surface area contributed by atoms with E-state index in [-0.39, 0.29) is 5.41 Å². The molecule has 0 aliphatic heterocycles. The van der Waals surface area contributed by atoms with Crippen molar-refractivity contribution in [2.45, 2.75) is 58.0 Å². The third kappa shape index (κ3) is 6.05. The van der Waals surface area contributed by atoms with Gasteiger partial charge < -0.3 is 15.2 Å². The second-order valence-electron chi connectivity index (χ2n) is 7.69. The van der Waals surface area contributed by atoms with Crippen LogP contribution in [0.2, 0.25) is 0 Å². The smallest absolute Gasteiger partial charge is 0.232 e. The summed E-state index contributed by atoms with van der Waals surface area (Å²) >= 11 is 0. The molecule has 2 rings (SSSR count). The van der Waals surface area contributed by atoms with E-state index in [1.807, 2.05) is 33.8 Å². The van der Waals surface area contributed by atoms with E-state index in [1.165, 1.54) is 6.26 Å². The van der Waals surface area contributed by atoms with Gasteiger partial charge in [-0.05, 0) is 31.0 Å². The molecule has 2 aromatic rings. The average molecular weight is 408 g/mol. The van der Waals surface area contributed by atoms with Crippen LogP contribution in [-0.4, -0.2) is 37.3 Å². The van der Waals surface area contributed by atoms with Crippen molar-refractivity contribution in [3.8, 4) is 0 Å². The van der Waals surface area contributed by atoms with E-state index in [4.69, 9.17) is 4.52 Å². The molecule has 154 valence electrons. The minimum atomic E-state index is -3.22. The molecular weight excluding hydrogens is 378 g/mol. The van der Waals surface area contributed by atoms with Gasteiger partial charge in [0.15, 0.2) is 21.6 Å². The molecule has 0 atom stereocenters. The second kappa shape index (κ2) is 8.72. The molecule has 8 nitrogen and oxygen atoms in total. The summed E-state index contributed by atoms with van der Waals surface area (Å²) in [7, 11) is -3.22. The summed E-state index contributed by atoms with van der Waals surface area (Å²) in [4.78, 5) is 9.29. The number of aliphatic imine (C=N–C) groups is 1. The molecule has 9 heteroatoms. The topological polar surface area (TPSA) is 109 Å². The van der Waals surface area contributed by atoms with Crippen LogP contribution in [0.1, 0.15) is 50.5 Å². The van der Waals surface area contributed by atoms with Gasteiger partial charge in [0.1, 0.15) is 0 Å². The summed E-state index contributed by atoms with van der Waals surface area (Å²) < 4.78 is 28.8. The fourth-order valence-electron chi connectivity index (χ4n) is 2.53. The SMILES string of the molecule is CCNC(=NCc1ccc(S(C)(=O)=O)c(C)c1)NCc1noc(C(C)(C)C)n1. The second-order valence-corrected chi connectivity index (χ2v) is 9.67. The summed E-state index contributed by atoms with van der Waals surface area (Å²) in [5, 5.41) is 10.3. The summed E-state index contributed by atoms with van der Waals surface area (Å²) in [6, 6.07) is 5.26. The Bertz CT molecular complexity index is 943. The molecule has 1 aromatic heterocycles. The number of aromatic nitrogens is 2. The number of nitrogens with zero attached hydrogens (tertiary/aromatic N) is 3. The van der Waals surface area contributed by atoms with Crippen molar-refractivity contribution < 1.29 is 12.9 Å². The zero-order valence-electron chi connectivity index (χ0n) is 17.3. The minimum Gasteiger partial charge on any atom is -0.357 e. The van der Waals surface area contributed by atoms with Gasteiger partial charge in [0.25, 0.3) is 0 Å². The van der Waals surface area contributed by atoms with Crippen molar-refractivity contribution in [1.82, 2.24) is 20.8 Å². The number of guanidine groups is 1. The van der Waals surface area contributed by atoms with E-state index in [1.54, 1.807) is 19.1 Å². The summed E-state index contributed by atoms with van der Waals surface area (Å²) in [5.41, 5.74) is 1.45. The zero-order valence-corrected chi connectivity index (χ0v) is 18.1. The highest BCUT2D eigenvalue weighted by Gasteiger charge is 2.21. The Morgan fingerprint density at radius 3 is 2.50 bits per heavy atom. The Hall–Kier alpha value is -2.42. The van der Waals surface area contributed by atoms with Crippen LogP contribution >= 0.6 is 0 Å². The van der Waals surface area contributed by atoms with Gasteiger partial charge in [-0.25, -0.2) is 13.4 Å². The predicted molar refractivity (Wildman–Crippen MR) is 109 cm³/mol. The lowest BCUT2D eigenvalue weighted by molar-refractivity contribution is 0.318. The Morgan fingerprint density at radius 2 is 1.96 bits per heavy atom. The number of benzene rings is 1. The Labute approximate surface area is 166 Å². The highest BCUT2D eigenvalue weighted by molar-refractivity contribution is 7.90. The molecule has 2 N–H and O–H groups in total. The van der Waals surface area contributed by atoms with Gasteiger partial charge in [-0.2, -0.15) is 4.98 Å². The molecule has 1 aromatic carbocycles. The molecule has 0 radical (unpaired) electrons. The quantitative estimate of drug-likeness (QED) is 0.559. The van der Waals surface area contributed by atoms with Crippen LogP contribution in [0.3, 0.4) is 0 Å². The first-order valence-electron chi connectivity index (χ1n) is 9.15. The van der Waals surface area contributed by atoms with E-state index < -0.39 is 9.84 Å². The Kier molecular flexibility index (Phi) is 6.82. The molecular formula is C19H29N5O3S. The number of sulfone groups is 1. The molecule has 0 spiro atoms. The maximum Gasteiger partial charge on any atom is 0.232 e. The van der Waals surface area contributed by atoms with Gasteiger partial charge in [-0.1, -0.05) is 38.1 Å². The van der Waals surface area contributed by atoms with Crippen LogP contribution in [0.4, 0.5) is 0 Å². The molecule has 0 saturated carbocycles. The first-order valence-corrected chi connectivity index (χ1v) is 11.0. The lowest BCUT2D eigenvalue weighted by Gasteiger charge is -2.11. The molecule has 1 heterocycles. The molecule has 0 unspecified atom stereocenters. The van der Waals surface area contributed by atoms with E-state index >= 15 is 0 Å². The van der Waals surface area contributed by atoms with Crippen LogP contribution in [0, 0.1) is 6.92 Å². The number of nitrogens with one attached hydrogen (secondary N) is 2. The van der Waals surface area contributed by atoms with Crippen molar-refractivity contribution in [3.63, 3.8) is 0 Å². The predicted octanol–water partition coefficient (Wildman–Crippen LogP) is 2.33. The van der Waals surface area contributed by atoms with Gasteiger partial charge in [-0.15, -0.1) is 0 Å². The van der Waals surface area contributed by atoms with Crippen LogP contribution in [0.25, 0.3) is 0 Å². The summed E-state index contributed by atoms with van der Waals surface area (Å²) in [6.07, 6.45) is 1.21. The molecule has 0 amide bonds. The normalized spacial score (nSPS) is 12.9. The monoisotopic (exact) mass is 407 g/mol. The van der Waals surface area contributed by atoms with Gasteiger partial charge in [0, 0.05) is 18.2 Å². The maximum absolute atomic E-state index is 11.7. The zero-order chi connectivity index (χ0) is 20.9.